The number of hydrogen-bond acceptors (Lipinski definition) is 4. The molecule has 0 amide bonds. The van der Waals surface area contributed by atoms with Crippen molar-refractivity contribution in [1.82, 2.24) is 20.4 Å². The van der Waals surface area contributed by atoms with Crippen LogP contribution in [-0.4, -0.2) is 80.5 Å². The SMILES string of the molecule is CCN(CC)CC1CN2CCC1CC2CNC(=S)NCCOC. The van der Waals surface area contributed by atoms with Crippen molar-refractivity contribution in [3.63, 3.8) is 0 Å². The number of piperidine rings is 3. The fourth-order valence-electron chi connectivity index (χ4n) is 4.02. The zero-order valence-electron chi connectivity index (χ0n) is 15.0. The summed E-state index contributed by atoms with van der Waals surface area (Å²) in [5, 5.41) is 7.33. The molecule has 134 valence electrons. The molecular weight excluding hydrogens is 308 g/mol. The maximum absolute atomic E-state index is 5.33. The smallest absolute Gasteiger partial charge is 0.166 e. The molecule has 23 heavy (non-hydrogen) atoms. The lowest BCUT2D eigenvalue weighted by molar-refractivity contribution is -0.00939. The van der Waals surface area contributed by atoms with E-state index in [1.807, 2.05) is 0 Å². The van der Waals surface area contributed by atoms with Gasteiger partial charge in [0.1, 0.15) is 0 Å². The lowest BCUT2D eigenvalue weighted by atomic mass is 9.75. The van der Waals surface area contributed by atoms with Crippen molar-refractivity contribution in [2.75, 3.05) is 59.5 Å². The number of thiocarbonyl (C=S) groups is 1. The average molecular weight is 343 g/mol. The summed E-state index contributed by atoms with van der Waals surface area (Å²) in [5.74, 6) is 1.74. The number of nitrogens with zero attached hydrogens (tertiary/aromatic N) is 2. The molecule has 0 spiro atoms. The summed E-state index contributed by atoms with van der Waals surface area (Å²) < 4.78 is 5.03. The van der Waals surface area contributed by atoms with E-state index in [0.717, 1.165) is 30.0 Å². The highest BCUT2D eigenvalue weighted by Crippen LogP contribution is 2.36. The monoisotopic (exact) mass is 342 g/mol. The quantitative estimate of drug-likeness (QED) is 0.484. The molecule has 0 saturated carbocycles. The first-order valence-corrected chi connectivity index (χ1v) is 9.55. The molecule has 0 aromatic rings. The second-order valence-electron chi connectivity index (χ2n) is 6.81. The zero-order chi connectivity index (χ0) is 16.7. The van der Waals surface area contributed by atoms with E-state index in [-0.39, 0.29) is 0 Å². The van der Waals surface area contributed by atoms with Gasteiger partial charge < -0.3 is 20.3 Å². The first-order chi connectivity index (χ1) is 11.2. The molecule has 2 bridgehead atoms. The van der Waals surface area contributed by atoms with E-state index < -0.39 is 0 Å². The van der Waals surface area contributed by atoms with Crippen molar-refractivity contribution in [3.8, 4) is 0 Å². The molecule has 0 aromatic heterocycles. The van der Waals surface area contributed by atoms with Crippen LogP contribution in [0.3, 0.4) is 0 Å². The largest absolute Gasteiger partial charge is 0.383 e. The number of hydrogen-bond donors (Lipinski definition) is 2. The molecule has 3 aliphatic heterocycles. The Morgan fingerprint density at radius 2 is 2.09 bits per heavy atom. The predicted molar refractivity (Wildman–Crippen MR) is 99.8 cm³/mol. The van der Waals surface area contributed by atoms with Crippen LogP contribution in [0.2, 0.25) is 0 Å². The molecule has 3 rings (SSSR count). The molecule has 3 saturated heterocycles. The Labute approximate surface area is 147 Å². The van der Waals surface area contributed by atoms with Gasteiger partial charge in [-0.15, -0.1) is 0 Å². The maximum atomic E-state index is 5.33. The van der Waals surface area contributed by atoms with Crippen molar-refractivity contribution in [2.24, 2.45) is 11.8 Å². The summed E-state index contributed by atoms with van der Waals surface area (Å²) in [5.41, 5.74) is 0. The highest BCUT2D eigenvalue weighted by molar-refractivity contribution is 7.80. The van der Waals surface area contributed by atoms with Crippen molar-refractivity contribution < 1.29 is 4.74 Å². The van der Waals surface area contributed by atoms with Crippen LogP contribution in [0.5, 0.6) is 0 Å². The molecular formula is C17H34N4OS. The van der Waals surface area contributed by atoms with Crippen LogP contribution < -0.4 is 10.6 Å². The summed E-state index contributed by atoms with van der Waals surface area (Å²) in [7, 11) is 1.71. The van der Waals surface area contributed by atoms with Gasteiger partial charge in [-0.05, 0) is 56.5 Å². The standard InChI is InChI=1S/C17H34N4OS/c1-4-20(5-2)12-15-13-21-8-6-14(15)10-16(21)11-19-17(23)18-7-9-22-3/h14-16H,4-13H2,1-3H3,(H2,18,19,23). The number of methoxy groups -OCH3 is 1. The number of rotatable bonds is 9. The molecule has 3 aliphatic rings. The Bertz CT molecular complexity index is 365. The van der Waals surface area contributed by atoms with E-state index in [2.05, 4.69) is 34.3 Å². The van der Waals surface area contributed by atoms with Gasteiger partial charge in [-0.1, -0.05) is 13.8 Å². The summed E-state index contributed by atoms with van der Waals surface area (Å²) in [6.45, 7) is 13.1. The highest BCUT2D eigenvalue weighted by Gasteiger charge is 2.40. The fraction of sp³-hybridized carbons (Fsp3) is 0.941. The third-order valence-corrected chi connectivity index (χ3v) is 5.78. The number of fused-ring (bicyclic) bond motifs is 3. The van der Waals surface area contributed by atoms with Gasteiger partial charge in [0.15, 0.2) is 5.11 Å². The Morgan fingerprint density at radius 1 is 1.30 bits per heavy atom. The zero-order valence-corrected chi connectivity index (χ0v) is 15.8. The average Bonchev–Trinajstić information content (AvgIpc) is 2.59. The number of ether oxygens (including phenoxy) is 1. The van der Waals surface area contributed by atoms with Crippen LogP contribution in [0, 0.1) is 11.8 Å². The van der Waals surface area contributed by atoms with Crippen LogP contribution in [0.4, 0.5) is 0 Å². The van der Waals surface area contributed by atoms with Crippen molar-refractivity contribution >= 4 is 17.3 Å². The molecule has 3 fully saturated rings. The minimum atomic E-state index is 0.642. The Hall–Kier alpha value is -0.430. The van der Waals surface area contributed by atoms with E-state index in [1.165, 1.54) is 45.6 Å². The topological polar surface area (TPSA) is 39.8 Å². The van der Waals surface area contributed by atoms with Gasteiger partial charge in [-0.25, -0.2) is 0 Å². The number of nitrogens with one attached hydrogen (secondary N) is 2. The second kappa shape index (κ2) is 9.77. The summed E-state index contributed by atoms with van der Waals surface area (Å²) in [6.07, 6.45) is 2.69. The van der Waals surface area contributed by atoms with Crippen LogP contribution in [-0.2, 0) is 4.74 Å². The lowest BCUT2D eigenvalue weighted by Crippen LogP contribution is -2.59. The molecule has 0 aromatic carbocycles. The van der Waals surface area contributed by atoms with Crippen molar-refractivity contribution in [1.29, 1.82) is 0 Å². The van der Waals surface area contributed by atoms with E-state index in [9.17, 15) is 0 Å². The maximum Gasteiger partial charge on any atom is 0.166 e. The van der Waals surface area contributed by atoms with Gasteiger partial charge in [-0.3, -0.25) is 4.90 Å². The van der Waals surface area contributed by atoms with Gasteiger partial charge in [-0.2, -0.15) is 0 Å². The summed E-state index contributed by atoms with van der Waals surface area (Å²) in [4.78, 5) is 5.26. The first-order valence-electron chi connectivity index (χ1n) is 9.14. The van der Waals surface area contributed by atoms with Gasteiger partial charge in [0.25, 0.3) is 0 Å². The van der Waals surface area contributed by atoms with Crippen LogP contribution in [0.1, 0.15) is 26.7 Å². The second-order valence-corrected chi connectivity index (χ2v) is 7.22. The third kappa shape index (κ3) is 5.55. The molecule has 2 N–H and O–H groups in total. The molecule has 0 radical (unpaired) electrons. The molecule has 4 unspecified atom stereocenters. The summed E-state index contributed by atoms with van der Waals surface area (Å²) in [6, 6.07) is 0.642. The Balaban J connectivity index is 1.73. The van der Waals surface area contributed by atoms with Gasteiger partial charge in [0.05, 0.1) is 6.61 Å². The molecule has 3 heterocycles. The molecule has 0 aliphatic carbocycles. The van der Waals surface area contributed by atoms with E-state index >= 15 is 0 Å². The minimum absolute atomic E-state index is 0.642. The van der Waals surface area contributed by atoms with Crippen molar-refractivity contribution in [3.05, 3.63) is 0 Å². The predicted octanol–water partition coefficient (Wildman–Crippen LogP) is 1.15. The van der Waals surface area contributed by atoms with E-state index in [1.54, 1.807) is 7.11 Å². The molecule has 5 nitrogen and oxygen atoms in total. The Kier molecular flexibility index (Phi) is 8.03. The van der Waals surface area contributed by atoms with E-state index in [4.69, 9.17) is 17.0 Å². The van der Waals surface area contributed by atoms with Crippen LogP contribution >= 0.6 is 12.2 Å². The lowest BCUT2D eigenvalue weighted by Gasteiger charge is -2.51. The normalized spacial score (nSPS) is 29.7. The van der Waals surface area contributed by atoms with Gasteiger partial charge in [0, 0.05) is 39.3 Å². The van der Waals surface area contributed by atoms with Crippen molar-refractivity contribution in [2.45, 2.75) is 32.7 Å². The Morgan fingerprint density at radius 3 is 2.70 bits per heavy atom. The summed E-state index contributed by atoms with van der Waals surface area (Å²) >= 11 is 5.33. The van der Waals surface area contributed by atoms with Gasteiger partial charge in [0.2, 0.25) is 0 Å². The van der Waals surface area contributed by atoms with Crippen LogP contribution in [0.15, 0.2) is 0 Å². The minimum Gasteiger partial charge on any atom is -0.383 e. The van der Waals surface area contributed by atoms with Crippen LogP contribution in [0.25, 0.3) is 0 Å². The first kappa shape index (κ1) is 18.9. The molecule has 6 heteroatoms. The molecule has 4 atom stereocenters. The fourth-order valence-corrected chi connectivity index (χ4v) is 4.21. The highest BCUT2D eigenvalue weighted by atomic mass is 32.1. The van der Waals surface area contributed by atoms with E-state index in [0.29, 0.717) is 12.6 Å². The third-order valence-electron chi connectivity index (χ3n) is 5.49. The van der Waals surface area contributed by atoms with Gasteiger partial charge >= 0.3 is 0 Å².